The van der Waals surface area contributed by atoms with Crippen molar-refractivity contribution in [1.29, 1.82) is 0 Å². The molecule has 0 aromatic heterocycles. The van der Waals surface area contributed by atoms with E-state index in [0.29, 0.717) is 17.4 Å². The Kier molecular flexibility index (Phi) is 5.87. The maximum atomic E-state index is 6.24. The van der Waals surface area contributed by atoms with Gasteiger partial charge in [0, 0.05) is 6.04 Å². The number of rotatable bonds is 6. The molecular weight excluding hydrogens is 218 g/mol. The van der Waals surface area contributed by atoms with Gasteiger partial charge in [-0.15, -0.1) is 0 Å². The fourth-order valence-electron chi connectivity index (χ4n) is 2.14. The fourth-order valence-corrected chi connectivity index (χ4v) is 2.14. The zero-order valence-corrected chi connectivity index (χ0v) is 12.4. The summed E-state index contributed by atoms with van der Waals surface area (Å²) in [5.74, 6) is 0.684. The van der Waals surface area contributed by atoms with Gasteiger partial charge in [0.2, 0.25) is 0 Å². The quantitative estimate of drug-likeness (QED) is 0.791. The monoisotopic (exact) mass is 247 g/mol. The molecule has 2 atom stereocenters. The number of hydrogen-bond acceptors (Lipinski definition) is 1. The Balaban J connectivity index is 2.24. The van der Waals surface area contributed by atoms with E-state index in [1.807, 2.05) is 0 Å². The highest BCUT2D eigenvalue weighted by molar-refractivity contribution is 5.14. The summed E-state index contributed by atoms with van der Waals surface area (Å²) in [4.78, 5) is 0. The minimum absolute atomic E-state index is 0.350. The van der Waals surface area contributed by atoms with E-state index in [-0.39, 0.29) is 0 Å². The molecule has 1 aromatic rings. The maximum Gasteiger partial charge on any atom is 0.00416 e. The maximum absolute atomic E-state index is 6.24. The first kappa shape index (κ1) is 15.2. The number of benzene rings is 1. The van der Waals surface area contributed by atoms with Crippen molar-refractivity contribution in [2.24, 2.45) is 17.1 Å². The summed E-state index contributed by atoms with van der Waals surface area (Å²) in [6.07, 6.45) is 4.62. The Bertz CT molecular complexity index is 323. The molecule has 0 aliphatic rings. The number of aryl methyl sites for hydroxylation is 1. The zero-order valence-electron chi connectivity index (χ0n) is 12.4. The average molecular weight is 247 g/mol. The molecule has 0 amide bonds. The standard InChI is InChI=1S/C17H29N/c1-14(17(2,3)4)13-16(18)12-8-11-15-9-6-5-7-10-15/h5-7,9-10,14,16H,8,11-13,18H2,1-4H3. The van der Waals surface area contributed by atoms with Gasteiger partial charge < -0.3 is 5.73 Å². The molecule has 0 fully saturated rings. The van der Waals surface area contributed by atoms with Gasteiger partial charge in [-0.3, -0.25) is 0 Å². The van der Waals surface area contributed by atoms with Crippen molar-refractivity contribution in [2.45, 2.75) is 59.4 Å². The Morgan fingerprint density at radius 2 is 1.72 bits per heavy atom. The van der Waals surface area contributed by atoms with Crippen LogP contribution in [0.3, 0.4) is 0 Å². The molecule has 1 aromatic carbocycles. The van der Waals surface area contributed by atoms with Crippen LogP contribution in [-0.2, 0) is 6.42 Å². The predicted molar refractivity (Wildman–Crippen MR) is 80.6 cm³/mol. The lowest BCUT2D eigenvalue weighted by molar-refractivity contribution is 0.230. The third-order valence-corrected chi connectivity index (χ3v) is 4.02. The summed E-state index contributed by atoms with van der Waals surface area (Å²) in [5, 5.41) is 0. The minimum Gasteiger partial charge on any atom is -0.328 e. The van der Waals surface area contributed by atoms with E-state index in [1.165, 1.54) is 12.0 Å². The first-order valence-corrected chi connectivity index (χ1v) is 7.19. The van der Waals surface area contributed by atoms with Gasteiger partial charge >= 0.3 is 0 Å². The second-order valence-corrected chi connectivity index (χ2v) is 6.64. The fraction of sp³-hybridized carbons (Fsp3) is 0.647. The molecule has 2 N–H and O–H groups in total. The van der Waals surface area contributed by atoms with Crippen LogP contribution >= 0.6 is 0 Å². The Hall–Kier alpha value is -0.820. The second-order valence-electron chi connectivity index (χ2n) is 6.64. The highest BCUT2D eigenvalue weighted by Gasteiger charge is 2.21. The average Bonchev–Trinajstić information content (AvgIpc) is 2.29. The molecule has 1 nitrogen and oxygen atoms in total. The van der Waals surface area contributed by atoms with Crippen molar-refractivity contribution in [3.8, 4) is 0 Å². The first-order valence-electron chi connectivity index (χ1n) is 7.19. The van der Waals surface area contributed by atoms with E-state index in [4.69, 9.17) is 5.73 Å². The smallest absolute Gasteiger partial charge is 0.00416 e. The van der Waals surface area contributed by atoms with Crippen LogP contribution in [0.5, 0.6) is 0 Å². The lowest BCUT2D eigenvalue weighted by Crippen LogP contribution is -2.28. The zero-order chi connectivity index (χ0) is 13.6. The Morgan fingerprint density at radius 3 is 2.28 bits per heavy atom. The van der Waals surface area contributed by atoms with Crippen LogP contribution in [0, 0.1) is 11.3 Å². The molecule has 18 heavy (non-hydrogen) atoms. The predicted octanol–water partition coefficient (Wildman–Crippen LogP) is 4.41. The van der Waals surface area contributed by atoms with Crippen molar-refractivity contribution < 1.29 is 0 Å². The molecule has 0 radical (unpaired) electrons. The van der Waals surface area contributed by atoms with Gasteiger partial charge in [-0.2, -0.15) is 0 Å². The SMILES string of the molecule is CC(CC(N)CCCc1ccccc1)C(C)(C)C. The van der Waals surface area contributed by atoms with E-state index in [2.05, 4.69) is 58.0 Å². The third kappa shape index (κ3) is 5.68. The number of hydrogen-bond donors (Lipinski definition) is 1. The topological polar surface area (TPSA) is 26.0 Å². The summed E-state index contributed by atoms with van der Waals surface area (Å²) >= 11 is 0. The third-order valence-electron chi connectivity index (χ3n) is 4.02. The van der Waals surface area contributed by atoms with Crippen molar-refractivity contribution >= 4 is 0 Å². The van der Waals surface area contributed by atoms with Gasteiger partial charge in [0.05, 0.1) is 0 Å². The van der Waals surface area contributed by atoms with E-state index in [0.717, 1.165) is 19.3 Å². The van der Waals surface area contributed by atoms with Crippen molar-refractivity contribution in [3.63, 3.8) is 0 Å². The summed E-state index contributed by atoms with van der Waals surface area (Å²) in [6.45, 7) is 9.22. The molecule has 2 unspecified atom stereocenters. The van der Waals surface area contributed by atoms with E-state index in [1.54, 1.807) is 0 Å². The van der Waals surface area contributed by atoms with E-state index < -0.39 is 0 Å². The highest BCUT2D eigenvalue weighted by Crippen LogP contribution is 2.29. The lowest BCUT2D eigenvalue weighted by atomic mass is 9.78. The lowest BCUT2D eigenvalue weighted by Gasteiger charge is -2.29. The van der Waals surface area contributed by atoms with E-state index in [9.17, 15) is 0 Å². The molecule has 0 bridgehead atoms. The van der Waals surface area contributed by atoms with Crippen LogP contribution in [0.2, 0.25) is 0 Å². The molecule has 0 heterocycles. The van der Waals surface area contributed by atoms with Crippen LogP contribution in [0.1, 0.15) is 52.5 Å². The van der Waals surface area contributed by atoms with Gasteiger partial charge in [0.15, 0.2) is 0 Å². The summed E-state index contributed by atoms with van der Waals surface area (Å²) in [6, 6.07) is 11.0. The van der Waals surface area contributed by atoms with Crippen molar-refractivity contribution in [3.05, 3.63) is 35.9 Å². The highest BCUT2D eigenvalue weighted by atomic mass is 14.6. The van der Waals surface area contributed by atoms with Gasteiger partial charge in [-0.05, 0) is 42.6 Å². The van der Waals surface area contributed by atoms with Gasteiger partial charge in [-0.25, -0.2) is 0 Å². The van der Waals surface area contributed by atoms with Gasteiger partial charge in [0.25, 0.3) is 0 Å². The number of nitrogens with two attached hydrogens (primary N) is 1. The Morgan fingerprint density at radius 1 is 1.11 bits per heavy atom. The molecule has 0 aliphatic carbocycles. The summed E-state index contributed by atoms with van der Waals surface area (Å²) in [5.41, 5.74) is 8.03. The van der Waals surface area contributed by atoms with Crippen molar-refractivity contribution in [2.75, 3.05) is 0 Å². The molecule has 1 heteroatoms. The van der Waals surface area contributed by atoms with Crippen LogP contribution in [-0.4, -0.2) is 6.04 Å². The van der Waals surface area contributed by atoms with Gasteiger partial charge in [-0.1, -0.05) is 58.0 Å². The molecule has 102 valence electrons. The molecule has 0 saturated carbocycles. The van der Waals surface area contributed by atoms with Crippen molar-refractivity contribution in [1.82, 2.24) is 0 Å². The van der Waals surface area contributed by atoms with Gasteiger partial charge in [0.1, 0.15) is 0 Å². The Labute approximate surface area is 113 Å². The molecular formula is C17H29N. The van der Waals surface area contributed by atoms with Crippen LogP contribution in [0.4, 0.5) is 0 Å². The van der Waals surface area contributed by atoms with Crippen LogP contribution in [0.15, 0.2) is 30.3 Å². The first-order chi connectivity index (χ1) is 8.39. The molecule has 0 aliphatic heterocycles. The molecule has 0 spiro atoms. The summed E-state index contributed by atoms with van der Waals surface area (Å²) < 4.78 is 0. The molecule has 1 rings (SSSR count). The summed E-state index contributed by atoms with van der Waals surface area (Å²) in [7, 11) is 0. The van der Waals surface area contributed by atoms with Crippen LogP contribution < -0.4 is 5.73 Å². The van der Waals surface area contributed by atoms with Crippen LogP contribution in [0.25, 0.3) is 0 Å². The normalized spacial score (nSPS) is 15.4. The largest absolute Gasteiger partial charge is 0.328 e. The minimum atomic E-state index is 0.350. The molecule has 0 saturated heterocycles. The van der Waals surface area contributed by atoms with E-state index >= 15 is 0 Å². The second kappa shape index (κ2) is 6.94.